The summed E-state index contributed by atoms with van der Waals surface area (Å²) in [7, 11) is 1.52. The first kappa shape index (κ1) is 25.4. The van der Waals surface area contributed by atoms with Crippen LogP contribution in [0.2, 0.25) is 0 Å². The van der Waals surface area contributed by atoms with Gasteiger partial charge in [0.15, 0.2) is 5.84 Å². The lowest BCUT2D eigenvalue weighted by Gasteiger charge is -2.40. The number of aryl methyl sites for hydroxylation is 1. The third kappa shape index (κ3) is 4.37. The molecule has 11 heteroatoms. The number of aromatic nitrogens is 2. The molecule has 2 aliphatic heterocycles. The fraction of sp³-hybridized carbons (Fsp3) is 0.296. The minimum absolute atomic E-state index is 0.0179. The average molecular weight is 527 g/mol. The Hall–Kier alpha value is -4.28. The van der Waals surface area contributed by atoms with Gasteiger partial charge in [-0.05, 0) is 61.9 Å². The highest BCUT2D eigenvalue weighted by atomic mass is 19.3. The Bertz CT molecular complexity index is 1430. The van der Waals surface area contributed by atoms with Gasteiger partial charge in [0, 0.05) is 23.8 Å². The molecule has 0 bridgehead atoms. The number of fused-ring (bicyclic) bond motifs is 1. The van der Waals surface area contributed by atoms with Crippen LogP contribution in [-0.4, -0.2) is 52.4 Å². The van der Waals surface area contributed by atoms with Crippen molar-refractivity contribution in [2.45, 2.75) is 31.9 Å². The van der Waals surface area contributed by atoms with E-state index in [2.05, 4.69) is 10.1 Å². The lowest BCUT2D eigenvalue weighted by molar-refractivity contribution is -0.195. The quantitative estimate of drug-likeness (QED) is 0.429. The van der Waals surface area contributed by atoms with Crippen LogP contribution >= 0.6 is 0 Å². The number of carbonyl (C=O) groups is 1. The number of esters is 1. The summed E-state index contributed by atoms with van der Waals surface area (Å²) in [5, 5.41) is 4.07. The number of imidazole rings is 1. The van der Waals surface area contributed by atoms with Gasteiger partial charge in [-0.15, -0.1) is 0 Å². The van der Waals surface area contributed by atoms with Crippen molar-refractivity contribution in [3.05, 3.63) is 83.2 Å². The van der Waals surface area contributed by atoms with Crippen LogP contribution in [0, 0.1) is 12.7 Å². The highest BCUT2D eigenvalue weighted by molar-refractivity contribution is 6.06. The first-order valence-electron chi connectivity index (χ1n) is 11.9. The number of benzene rings is 2. The van der Waals surface area contributed by atoms with Crippen molar-refractivity contribution in [2.24, 2.45) is 5.16 Å². The van der Waals surface area contributed by atoms with E-state index in [1.54, 1.807) is 42.1 Å². The summed E-state index contributed by atoms with van der Waals surface area (Å²) in [5.41, 5.74) is 0.284. The van der Waals surface area contributed by atoms with E-state index < -0.39 is 36.4 Å². The van der Waals surface area contributed by atoms with Crippen LogP contribution in [0.4, 0.5) is 13.2 Å². The summed E-state index contributed by atoms with van der Waals surface area (Å²) in [6.07, 6.45) is 4.42. The molecule has 3 heterocycles. The second-order valence-corrected chi connectivity index (χ2v) is 9.02. The van der Waals surface area contributed by atoms with Crippen molar-refractivity contribution in [2.75, 3.05) is 20.3 Å². The monoisotopic (exact) mass is 526 g/mol. The molecule has 0 aliphatic carbocycles. The number of ether oxygens (including phenoxy) is 2. The van der Waals surface area contributed by atoms with Crippen molar-refractivity contribution in [3.63, 3.8) is 0 Å². The highest BCUT2D eigenvalue weighted by Crippen LogP contribution is 2.45. The SMILES string of the molecule is CCOC(=O)[C@@]1(c2ccc(F)cc2)ON=C2/C(=C/c3ccc(-n4cnc(C)c4)c(OC)c3)CC(F)(F)CN21. The Morgan fingerprint density at radius 3 is 2.63 bits per heavy atom. The summed E-state index contributed by atoms with van der Waals surface area (Å²) in [5.74, 6) is -4.13. The summed E-state index contributed by atoms with van der Waals surface area (Å²) in [6, 6.07) is 10.1. The third-order valence-electron chi connectivity index (χ3n) is 6.35. The Balaban J connectivity index is 1.57. The molecule has 0 unspecified atom stereocenters. The zero-order chi connectivity index (χ0) is 27.1. The molecule has 0 spiro atoms. The minimum atomic E-state index is -3.23. The average Bonchev–Trinajstić information content (AvgIpc) is 3.48. The topological polar surface area (TPSA) is 78.2 Å². The number of halogens is 3. The Kier molecular flexibility index (Phi) is 6.38. The largest absolute Gasteiger partial charge is 0.495 e. The maximum Gasteiger partial charge on any atom is 0.380 e. The number of carbonyl (C=O) groups excluding carboxylic acids is 1. The van der Waals surface area contributed by atoms with Gasteiger partial charge < -0.3 is 18.9 Å². The standard InChI is InChI=1S/C27H25F3N4O4/c1-4-37-25(35)27(20-6-8-21(28)9-7-20)34-15-26(29,30)13-19(24(34)32-38-27)11-18-5-10-22(23(12-18)36-3)33-14-17(2)31-16-33/h5-12,14,16H,4,13,15H2,1-3H3/b19-11+/t27-/m1/s1. The zero-order valence-electron chi connectivity index (χ0n) is 21.0. The van der Waals surface area contributed by atoms with E-state index in [9.17, 15) is 9.18 Å². The van der Waals surface area contributed by atoms with Gasteiger partial charge in [-0.1, -0.05) is 11.2 Å². The predicted octanol–water partition coefficient (Wildman–Crippen LogP) is 4.81. The molecule has 8 nitrogen and oxygen atoms in total. The molecule has 3 aromatic rings. The van der Waals surface area contributed by atoms with Crippen LogP contribution in [0.3, 0.4) is 0 Å². The van der Waals surface area contributed by atoms with E-state index in [1.807, 2.05) is 13.1 Å². The van der Waals surface area contributed by atoms with Gasteiger partial charge in [-0.25, -0.2) is 22.9 Å². The lowest BCUT2D eigenvalue weighted by atomic mass is 9.92. The maximum absolute atomic E-state index is 15.2. The van der Waals surface area contributed by atoms with Crippen LogP contribution in [0.25, 0.3) is 11.8 Å². The molecule has 1 fully saturated rings. The van der Waals surface area contributed by atoms with Crippen molar-refractivity contribution in [3.8, 4) is 11.4 Å². The highest BCUT2D eigenvalue weighted by Gasteiger charge is 2.61. The van der Waals surface area contributed by atoms with E-state index >= 15 is 8.78 Å². The third-order valence-corrected chi connectivity index (χ3v) is 6.35. The van der Waals surface area contributed by atoms with E-state index in [4.69, 9.17) is 14.3 Å². The number of piperidine rings is 1. The van der Waals surface area contributed by atoms with Crippen LogP contribution in [-0.2, 0) is 20.1 Å². The van der Waals surface area contributed by atoms with Crippen LogP contribution < -0.4 is 4.74 Å². The smallest absolute Gasteiger partial charge is 0.380 e. The number of nitrogens with zero attached hydrogens (tertiary/aromatic N) is 4. The molecule has 0 amide bonds. The van der Waals surface area contributed by atoms with Gasteiger partial charge in [0.2, 0.25) is 0 Å². The van der Waals surface area contributed by atoms with E-state index in [-0.39, 0.29) is 23.6 Å². The molecule has 38 heavy (non-hydrogen) atoms. The van der Waals surface area contributed by atoms with Crippen LogP contribution in [0.15, 0.2) is 65.7 Å². The summed E-state index contributed by atoms with van der Waals surface area (Å²) < 4.78 is 56.5. The molecule has 1 atom stereocenters. The molecule has 1 saturated heterocycles. The first-order valence-corrected chi connectivity index (χ1v) is 11.9. The second-order valence-electron chi connectivity index (χ2n) is 9.02. The van der Waals surface area contributed by atoms with Crippen molar-refractivity contribution < 1.29 is 32.3 Å². The number of rotatable bonds is 6. The maximum atomic E-state index is 15.2. The molecule has 2 aliphatic rings. The predicted molar refractivity (Wildman–Crippen MR) is 132 cm³/mol. The fourth-order valence-corrected chi connectivity index (χ4v) is 4.67. The summed E-state index contributed by atoms with van der Waals surface area (Å²) >= 11 is 0. The van der Waals surface area contributed by atoms with E-state index in [1.165, 1.54) is 19.2 Å². The van der Waals surface area contributed by atoms with Gasteiger partial charge in [0.05, 0.1) is 38.0 Å². The van der Waals surface area contributed by atoms with Gasteiger partial charge in [0.1, 0.15) is 11.6 Å². The van der Waals surface area contributed by atoms with Crippen LogP contribution in [0.5, 0.6) is 5.75 Å². The molecule has 2 aromatic carbocycles. The molecule has 198 valence electrons. The second kappa shape index (κ2) is 9.55. The molecule has 0 radical (unpaired) electrons. The molecular formula is C27H25F3N4O4. The lowest BCUT2D eigenvalue weighted by Crippen LogP contribution is -2.58. The molecule has 0 saturated carbocycles. The number of amidine groups is 1. The van der Waals surface area contributed by atoms with Crippen LogP contribution in [0.1, 0.15) is 30.2 Å². The number of oxime groups is 1. The summed E-state index contributed by atoms with van der Waals surface area (Å²) in [6.45, 7) is 2.59. The van der Waals surface area contributed by atoms with Gasteiger partial charge in [-0.2, -0.15) is 0 Å². The molecule has 5 rings (SSSR count). The van der Waals surface area contributed by atoms with Gasteiger partial charge >= 0.3 is 11.7 Å². The van der Waals surface area contributed by atoms with Crippen molar-refractivity contribution in [1.82, 2.24) is 14.5 Å². The van der Waals surface area contributed by atoms with E-state index in [0.29, 0.717) is 11.3 Å². The zero-order valence-corrected chi connectivity index (χ0v) is 21.0. The number of alkyl halides is 2. The normalized spacial score (nSPS) is 21.1. The first-order chi connectivity index (χ1) is 18.2. The van der Waals surface area contributed by atoms with Crippen molar-refractivity contribution >= 4 is 17.9 Å². The number of hydrogen-bond acceptors (Lipinski definition) is 7. The summed E-state index contributed by atoms with van der Waals surface area (Å²) in [4.78, 5) is 24.1. The van der Waals surface area contributed by atoms with Crippen molar-refractivity contribution in [1.29, 1.82) is 0 Å². The molecular weight excluding hydrogens is 501 g/mol. The minimum Gasteiger partial charge on any atom is -0.495 e. The number of hydrogen-bond donors (Lipinski definition) is 0. The Labute approximate surface area is 216 Å². The number of methoxy groups -OCH3 is 1. The molecule has 1 aromatic heterocycles. The van der Waals surface area contributed by atoms with E-state index in [0.717, 1.165) is 28.4 Å². The fourth-order valence-electron chi connectivity index (χ4n) is 4.67. The van der Waals surface area contributed by atoms with Gasteiger partial charge in [0.25, 0.3) is 5.92 Å². The Morgan fingerprint density at radius 2 is 1.97 bits per heavy atom. The molecule has 0 N–H and O–H groups in total. The van der Waals surface area contributed by atoms with Gasteiger partial charge in [-0.3, -0.25) is 4.90 Å². The Morgan fingerprint density at radius 1 is 1.21 bits per heavy atom.